The van der Waals surface area contributed by atoms with Crippen LogP contribution in [-0.4, -0.2) is 65.6 Å². The van der Waals surface area contributed by atoms with Gasteiger partial charge in [-0.15, -0.1) is 0 Å². The van der Waals surface area contributed by atoms with Gasteiger partial charge in [0, 0.05) is 32.4 Å². The van der Waals surface area contributed by atoms with Crippen LogP contribution in [0.2, 0.25) is 0 Å². The third kappa shape index (κ3) is 5.22. The lowest BCUT2D eigenvalue weighted by atomic mass is 9.92. The largest absolute Gasteiger partial charge is 0.368 e. The highest BCUT2D eigenvalue weighted by Gasteiger charge is 2.30. The highest BCUT2D eigenvalue weighted by atomic mass is 16.5. The number of carbonyl (C=O) groups is 1. The van der Waals surface area contributed by atoms with Crippen molar-refractivity contribution >= 4 is 5.91 Å². The van der Waals surface area contributed by atoms with Crippen LogP contribution in [0.15, 0.2) is 12.4 Å². The van der Waals surface area contributed by atoms with Crippen molar-refractivity contribution in [3.05, 3.63) is 23.8 Å². The molecule has 0 radical (unpaired) electrons. The van der Waals surface area contributed by atoms with Gasteiger partial charge in [0.25, 0.3) is 5.91 Å². The maximum Gasteiger partial charge on any atom is 0.251 e. The Labute approximate surface area is 150 Å². The summed E-state index contributed by atoms with van der Waals surface area (Å²) in [6, 6.07) is 0. The van der Waals surface area contributed by atoms with Gasteiger partial charge in [0.1, 0.15) is 6.10 Å². The zero-order chi connectivity index (χ0) is 17.6. The van der Waals surface area contributed by atoms with Gasteiger partial charge in [0.05, 0.1) is 17.6 Å². The molecule has 1 aromatic rings. The number of hydrogen-bond donors (Lipinski definition) is 0. The van der Waals surface area contributed by atoms with Crippen LogP contribution in [0.5, 0.6) is 0 Å². The quantitative estimate of drug-likeness (QED) is 0.815. The second kappa shape index (κ2) is 8.72. The predicted molar refractivity (Wildman–Crippen MR) is 96.0 cm³/mol. The average Bonchev–Trinajstić information content (AvgIpc) is 2.64. The SMILES string of the molecule is CN(C)Cc1cnc(CC2CCN(C(=O)[C@H]3CCCCO3)CC2)cn1. The third-order valence-electron chi connectivity index (χ3n) is 5.12. The Kier molecular flexibility index (Phi) is 6.37. The van der Waals surface area contributed by atoms with Gasteiger partial charge in [-0.3, -0.25) is 14.8 Å². The van der Waals surface area contributed by atoms with Crippen molar-refractivity contribution in [2.45, 2.75) is 51.2 Å². The van der Waals surface area contributed by atoms with E-state index in [0.717, 1.165) is 76.2 Å². The highest BCUT2D eigenvalue weighted by molar-refractivity contribution is 5.81. The van der Waals surface area contributed by atoms with Crippen molar-refractivity contribution in [1.82, 2.24) is 19.8 Å². The van der Waals surface area contributed by atoms with Gasteiger partial charge >= 0.3 is 0 Å². The van der Waals surface area contributed by atoms with Crippen molar-refractivity contribution in [3.63, 3.8) is 0 Å². The summed E-state index contributed by atoms with van der Waals surface area (Å²) in [7, 11) is 4.06. The molecule has 1 aromatic heterocycles. The number of ether oxygens (including phenoxy) is 1. The van der Waals surface area contributed by atoms with Crippen LogP contribution < -0.4 is 0 Å². The molecule has 1 amide bonds. The lowest BCUT2D eigenvalue weighted by molar-refractivity contribution is -0.147. The zero-order valence-electron chi connectivity index (χ0n) is 15.5. The van der Waals surface area contributed by atoms with E-state index in [9.17, 15) is 4.79 Å². The number of amides is 1. The molecule has 0 bridgehead atoms. The summed E-state index contributed by atoms with van der Waals surface area (Å²) in [6.07, 6.45) is 9.71. The minimum absolute atomic E-state index is 0.194. The highest BCUT2D eigenvalue weighted by Crippen LogP contribution is 2.23. The molecule has 6 nitrogen and oxygen atoms in total. The monoisotopic (exact) mass is 346 g/mol. The number of aromatic nitrogens is 2. The topological polar surface area (TPSA) is 58.6 Å². The molecule has 1 atom stereocenters. The molecular formula is C19H30N4O2. The lowest BCUT2D eigenvalue weighted by Gasteiger charge is -2.35. The van der Waals surface area contributed by atoms with E-state index >= 15 is 0 Å². The van der Waals surface area contributed by atoms with Crippen molar-refractivity contribution in [3.8, 4) is 0 Å². The fourth-order valence-corrected chi connectivity index (χ4v) is 3.68. The van der Waals surface area contributed by atoms with Crippen molar-refractivity contribution in [2.24, 2.45) is 5.92 Å². The van der Waals surface area contributed by atoms with Crippen LogP contribution >= 0.6 is 0 Å². The van der Waals surface area contributed by atoms with E-state index in [1.54, 1.807) is 0 Å². The number of hydrogen-bond acceptors (Lipinski definition) is 5. The van der Waals surface area contributed by atoms with Crippen molar-refractivity contribution in [1.29, 1.82) is 0 Å². The predicted octanol–water partition coefficient (Wildman–Crippen LogP) is 1.89. The second-order valence-corrected chi connectivity index (χ2v) is 7.56. The Bertz CT molecular complexity index is 547. The molecule has 2 fully saturated rings. The molecule has 2 aliphatic heterocycles. The van der Waals surface area contributed by atoms with Crippen LogP contribution in [-0.2, 0) is 22.5 Å². The van der Waals surface area contributed by atoms with Crippen LogP contribution in [0, 0.1) is 5.92 Å². The summed E-state index contributed by atoms with van der Waals surface area (Å²) in [6.45, 7) is 3.23. The summed E-state index contributed by atoms with van der Waals surface area (Å²) < 4.78 is 5.64. The van der Waals surface area contributed by atoms with E-state index in [2.05, 4.69) is 14.9 Å². The molecule has 0 N–H and O–H groups in total. The van der Waals surface area contributed by atoms with E-state index in [4.69, 9.17) is 4.74 Å². The molecule has 25 heavy (non-hydrogen) atoms. The molecule has 3 heterocycles. The lowest BCUT2D eigenvalue weighted by Crippen LogP contribution is -2.45. The number of nitrogens with zero attached hydrogens (tertiary/aromatic N) is 4. The summed E-state index contributed by atoms with van der Waals surface area (Å²) in [4.78, 5) is 25.7. The van der Waals surface area contributed by atoms with E-state index < -0.39 is 0 Å². The summed E-state index contributed by atoms with van der Waals surface area (Å²) in [5, 5.41) is 0. The zero-order valence-corrected chi connectivity index (χ0v) is 15.5. The van der Waals surface area contributed by atoms with Crippen molar-refractivity contribution in [2.75, 3.05) is 33.8 Å². The molecule has 6 heteroatoms. The van der Waals surface area contributed by atoms with E-state index in [1.807, 2.05) is 31.4 Å². The molecule has 0 unspecified atom stereocenters. The molecule has 2 saturated heterocycles. The molecule has 0 aromatic carbocycles. The van der Waals surface area contributed by atoms with Crippen LogP contribution in [0.3, 0.4) is 0 Å². The Morgan fingerprint density at radius 1 is 1.16 bits per heavy atom. The third-order valence-corrected chi connectivity index (χ3v) is 5.12. The number of likely N-dealkylation sites (tertiary alicyclic amines) is 1. The number of piperidine rings is 1. The maximum atomic E-state index is 12.5. The average molecular weight is 346 g/mol. The molecule has 138 valence electrons. The van der Waals surface area contributed by atoms with Gasteiger partial charge < -0.3 is 14.5 Å². The van der Waals surface area contributed by atoms with Gasteiger partial charge in [-0.25, -0.2) is 0 Å². The van der Waals surface area contributed by atoms with Gasteiger partial charge in [0.15, 0.2) is 0 Å². The minimum atomic E-state index is -0.194. The fourth-order valence-electron chi connectivity index (χ4n) is 3.68. The normalized spacial score (nSPS) is 22.4. The molecule has 0 spiro atoms. The van der Waals surface area contributed by atoms with Crippen LogP contribution in [0.25, 0.3) is 0 Å². The molecule has 3 rings (SSSR count). The fraction of sp³-hybridized carbons (Fsp3) is 0.737. The van der Waals surface area contributed by atoms with Gasteiger partial charge in [-0.1, -0.05) is 0 Å². The maximum absolute atomic E-state index is 12.5. The Morgan fingerprint density at radius 2 is 1.88 bits per heavy atom. The van der Waals surface area contributed by atoms with E-state index in [1.165, 1.54) is 0 Å². The Balaban J connectivity index is 1.45. The standard InChI is InChI=1S/C19H30N4O2/c1-22(2)14-17-13-20-16(12-21-17)11-15-6-8-23(9-7-15)19(24)18-5-3-4-10-25-18/h12-13,15,18H,3-11,14H2,1-2H3/t18-/m1/s1. The summed E-state index contributed by atoms with van der Waals surface area (Å²) >= 11 is 0. The van der Waals surface area contributed by atoms with E-state index in [-0.39, 0.29) is 12.0 Å². The van der Waals surface area contributed by atoms with Gasteiger partial charge in [0.2, 0.25) is 0 Å². The second-order valence-electron chi connectivity index (χ2n) is 7.56. The molecule has 2 aliphatic rings. The molecule has 0 saturated carbocycles. The van der Waals surface area contributed by atoms with Gasteiger partial charge in [-0.05, 0) is 58.5 Å². The Morgan fingerprint density at radius 3 is 2.48 bits per heavy atom. The first-order chi connectivity index (χ1) is 12.1. The molecular weight excluding hydrogens is 316 g/mol. The first kappa shape index (κ1) is 18.3. The van der Waals surface area contributed by atoms with E-state index in [0.29, 0.717) is 5.92 Å². The summed E-state index contributed by atoms with van der Waals surface area (Å²) in [5.74, 6) is 0.788. The van der Waals surface area contributed by atoms with Crippen molar-refractivity contribution < 1.29 is 9.53 Å². The summed E-state index contributed by atoms with van der Waals surface area (Å²) in [5.41, 5.74) is 2.06. The first-order valence-electron chi connectivity index (χ1n) is 9.46. The van der Waals surface area contributed by atoms with Crippen LogP contribution in [0.4, 0.5) is 0 Å². The minimum Gasteiger partial charge on any atom is -0.368 e. The van der Waals surface area contributed by atoms with Crippen LogP contribution in [0.1, 0.15) is 43.5 Å². The smallest absolute Gasteiger partial charge is 0.251 e. The molecule has 0 aliphatic carbocycles. The number of rotatable bonds is 5. The first-order valence-corrected chi connectivity index (χ1v) is 9.46. The Hall–Kier alpha value is -1.53. The number of carbonyl (C=O) groups excluding carboxylic acids is 1. The van der Waals surface area contributed by atoms with Gasteiger partial charge in [-0.2, -0.15) is 0 Å².